The lowest BCUT2D eigenvalue weighted by Gasteiger charge is -2.16. The highest BCUT2D eigenvalue weighted by atomic mass is 79.9. The summed E-state index contributed by atoms with van der Waals surface area (Å²) in [4.78, 5) is 15.0. The molecule has 0 spiro atoms. The summed E-state index contributed by atoms with van der Waals surface area (Å²) < 4.78 is 13.6. The maximum absolute atomic E-state index is 12.9. The number of pyridine rings is 1. The smallest absolute Gasteiger partial charge is 0.207 e. The van der Waals surface area contributed by atoms with Crippen LogP contribution in [0.3, 0.4) is 0 Å². The first kappa shape index (κ1) is 12.7. The highest BCUT2D eigenvalue weighted by molar-refractivity contribution is 9.10. The number of benzene rings is 1. The first-order valence-electron chi connectivity index (χ1n) is 5.28. The molecule has 2 aromatic rings. The molecule has 1 atom stereocenters. The Morgan fingerprint density at radius 1 is 1.22 bits per heavy atom. The van der Waals surface area contributed by atoms with Gasteiger partial charge in [0.1, 0.15) is 10.4 Å². The van der Waals surface area contributed by atoms with Gasteiger partial charge in [0.05, 0.1) is 11.7 Å². The summed E-state index contributed by atoms with van der Waals surface area (Å²) in [6.07, 6.45) is 0.608. The van der Waals surface area contributed by atoms with Crippen molar-refractivity contribution in [1.29, 1.82) is 0 Å². The van der Waals surface area contributed by atoms with Crippen LogP contribution < -0.4 is 5.32 Å². The summed E-state index contributed by atoms with van der Waals surface area (Å²) in [5.74, 6) is -0.314. The number of rotatable bonds is 4. The van der Waals surface area contributed by atoms with Crippen LogP contribution >= 0.6 is 15.9 Å². The molecule has 1 N–H and O–H groups in total. The summed E-state index contributed by atoms with van der Waals surface area (Å²) >= 11 is 3.28. The highest BCUT2D eigenvalue weighted by Crippen LogP contribution is 2.21. The normalized spacial score (nSPS) is 11.9. The number of nitrogens with one attached hydrogen (secondary N) is 1. The Bertz CT molecular complexity index is 545. The number of carbonyl (C=O) groups excluding carboxylic acids is 1. The molecule has 1 aromatic carbocycles. The number of aromatic nitrogens is 1. The van der Waals surface area contributed by atoms with Crippen LogP contribution in [0.4, 0.5) is 4.39 Å². The maximum atomic E-state index is 12.9. The zero-order chi connectivity index (χ0) is 13.0. The van der Waals surface area contributed by atoms with E-state index in [9.17, 15) is 9.18 Å². The van der Waals surface area contributed by atoms with Crippen LogP contribution in [0, 0.1) is 5.82 Å². The molecule has 0 radical (unpaired) electrons. The minimum atomic E-state index is -0.388. The molecule has 0 bridgehead atoms. The molecule has 0 saturated heterocycles. The van der Waals surface area contributed by atoms with E-state index < -0.39 is 0 Å². The topological polar surface area (TPSA) is 42.0 Å². The van der Waals surface area contributed by atoms with Gasteiger partial charge in [-0.3, -0.25) is 4.79 Å². The van der Waals surface area contributed by atoms with E-state index in [1.165, 1.54) is 12.1 Å². The van der Waals surface area contributed by atoms with E-state index in [1.807, 2.05) is 6.07 Å². The van der Waals surface area contributed by atoms with E-state index in [1.54, 1.807) is 24.3 Å². The lowest BCUT2D eigenvalue weighted by Crippen LogP contribution is -2.21. The number of hydrogen-bond donors (Lipinski definition) is 1. The van der Waals surface area contributed by atoms with Gasteiger partial charge in [-0.25, -0.2) is 9.37 Å². The molecule has 2 rings (SSSR count). The van der Waals surface area contributed by atoms with Crippen LogP contribution in [0.25, 0.3) is 0 Å². The van der Waals surface area contributed by atoms with Crippen LogP contribution in [-0.4, -0.2) is 11.4 Å². The van der Waals surface area contributed by atoms with Crippen molar-refractivity contribution in [2.24, 2.45) is 0 Å². The number of nitrogens with zero attached hydrogens (tertiary/aromatic N) is 1. The number of halogens is 2. The van der Waals surface area contributed by atoms with Crippen molar-refractivity contribution >= 4 is 22.3 Å². The van der Waals surface area contributed by atoms with Crippen LogP contribution in [0.2, 0.25) is 0 Å². The van der Waals surface area contributed by atoms with Gasteiger partial charge >= 0.3 is 0 Å². The second-order valence-electron chi connectivity index (χ2n) is 3.65. The lowest BCUT2D eigenvalue weighted by atomic mass is 10.0. The van der Waals surface area contributed by atoms with Crippen molar-refractivity contribution in [3.8, 4) is 0 Å². The van der Waals surface area contributed by atoms with E-state index in [4.69, 9.17) is 0 Å². The van der Waals surface area contributed by atoms with Gasteiger partial charge < -0.3 is 5.32 Å². The predicted octanol–water partition coefficient (Wildman–Crippen LogP) is 2.82. The zero-order valence-electron chi connectivity index (χ0n) is 9.31. The van der Waals surface area contributed by atoms with Crippen molar-refractivity contribution in [3.05, 3.63) is 64.1 Å². The van der Waals surface area contributed by atoms with Crippen LogP contribution in [-0.2, 0) is 4.79 Å². The minimum absolute atomic E-state index is 0.314. The van der Waals surface area contributed by atoms with Crippen molar-refractivity contribution in [1.82, 2.24) is 10.3 Å². The van der Waals surface area contributed by atoms with Gasteiger partial charge in [-0.1, -0.05) is 18.2 Å². The Kier molecular flexibility index (Phi) is 4.04. The molecule has 18 heavy (non-hydrogen) atoms. The summed E-state index contributed by atoms with van der Waals surface area (Å²) in [5, 5.41) is 2.68. The summed E-state index contributed by atoms with van der Waals surface area (Å²) in [7, 11) is 0. The molecule has 1 aromatic heterocycles. The molecule has 3 nitrogen and oxygen atoms in total. The van der Waals surface area contributed by atoms with Gasteiger partial charge in [0, 0.05) is 0 Å². The molecule has 0 aliphatic rings. The standard InChI is InChI=1S/C13H10BrFN2O/c14-12-3-1-2-11(17-12)13(16-8-18)9-4-6-10(15)7-5-9/h1-8,13H,(H,16,18). The Morgan fingerprint density at radius 3 is 2.56 bits per heavy atom. The van der Waals surface area contributed by atoms with Crippen molar-refractivity contribution in [2.75, 3.05) is 0 Å². The highest BCUT2D eigenvalue weighted by Gasteiger charge is 2.14. The SMILES string of the molecule is O=CNC(c1ccc(F)cc1)c1cccc(Br)n1. The van der Waals surface area contributed by atoms with Gasteiger partial charge in [-0.2, -0.15) is 0 Å². The molecule has 0 aliphatic carbocycles. The number of carbonyl (C=O) groups is 1. The molecular formula is C13H10BrFN2O. The van der Waals surface area contributed by atoms with Crippen molar-refractivity contribution in [2.45, 2.75) is 6.04 Å². The van der Waals surface area contributed by atoms with Crippen molar-refractivity contribution in [3.63, 3.8) is 0 Å². The van der Waals surface area contributed by atoms with Gasteiger partial charge in [0.2, 0.25) is 6.41 Å². The quantitative estimate of drug-likeness (QED) is 0.697. The van der Waals surface area contributed by atoms with Gasteiger partial charge in [-0.05, 0) is 45.8 Å². The Balaban J connectivity index is 2.39. The summed E-state index contributed by atoms with van der Waals surface area (Å²) in [6, 6.07) is 11.0. The Morgan fingerprint density at radius 2 is 1.94 bits per heavy atom. The second-order valence-corrected chi connectivity index (χ2v) is 4.47. The average molecular weight is 309 g/mol. The van der Waals surface area contributed by atoms with E-state index in [0.29, 0.717) is 16.7 Å². The molecule has 1 unspecified atom stereocenters. The largest absolute Gasteiger partial charge is 0.346 e. The Labute approximate surface area is 112 Å². The summed E-state index contributed by atoms with van der Waals surface area (Å²) in [6.45, 7) is 0. The molecular weight excluding hydrogens is 299 g/mol. The fourth-order valence-electron chi connectivity index (χ4n) is 1.66. The summed E-state index contributed by atoms with van der Waals surface area (Å²) in [5.41, 5.74) is 1.46. The second kappa shape index (κ2) is 5.73. The maximum Gasteiger partial charge on any atom is 0.207 e. The molecule has 0 saturated carbocycles. The predicted molar refractivity (Wildman–Crippen MR) is 69.4 cm³/mol. The molecule has 1 heterocycles. The van der Waals surface area contributed by atoms with E-state index in [0.717, 1.165) is 5.56 Å². The van der Waals surface area contributed by atoms with E-state index >= 15 is 0 Å². The van der Waals surface area contributed by atoms with Gasteiger partial charge in [-0.15, -0.1) is 0 Å². The fourth-order valence-corrected chi connectivity index (χ4v) is 2.02. The van der Waals surface area contributed by atoms with Gasteiger partial charge in [0.25, 0.3) is 0 Å². The molecule has 5 heteroatoms. The monoisotopic (exact) mass is 308 g/mol. The lowest BCUT2D eigenvalue weighted by molar-refractivity contribution is -0.110. The first-order chi connectivity index (χ1) is 8.70. The van der Waals surface area contributed by atoms with Crippen LogP contribution in [0.1, 0.15) is 17.3 Å². The zero-order valence-corrected chi connectivity index (χ0v) is 10.9. The van der Waals surface area contributed by atoms with E-state index in [2.05, 4.69) is 26.2 Å². The van der Waals surface area contributed by atoms with Crippen LogP contribution in [0.15, 0.2) is 47.1 Å². The molecule has 0 aliphatic heterocycles. The minimum Gasteiger partial charge on any atom is -0.346 e. The average Bonchev–Trinajstić information content (AvgIpc) is 2.37. The van der Waals surface area contributed by atoms with Gasteiger partial charge in [0.15, 0.2) is 0 Å². The Hall–Kier alpha value is -1.75. The molecule has 92 valence electrons. The molecule has 0 fully saturated rings. The third kappa shape index (κ3) is 2.92. The third-order valence-electron chi connectivity index (χ3n) is 2.47. The van der Waals surface area contributed by atoms with Crippen molar-refractivity contribution < 1.29 is 9.18 Å². The fraction of sp³-hybridized carbons (Fsp3) is 0.0769. The number of hydrogen-bond acceptors (Lipinski definition) is 2. The third-order valence-corrected chi connectivity index (χ3v) is 2.91. The first-order valence-corrected chi connectivity index (χ1v) is 6.07. The molecule has 1 amide bonds. The number of amides is 1. The van der Waals surface area contributed by atoms with Crippen LogP contribution in [0.5, 0.6) is 0 Å². The van der Waals surface area contributed by atoms with E-state index in [-0.39, 0.29) is 11.9 Å².